The van der Waals surface area contributed by atoms with Crippen LogP contribution in [0.3, 0.4) is 0 Å². The van der Waals surface area contributed by atoms with E-state index in [9.17, 15) is 9.90 Å². The number of aromatic amines is 1. The van der Waals surface area contributed by atoms with Crippen LogP contribution in [-0.2, 0) is 11.2 Å². The highest BCUT2D eigenvalue weighted by Gasteiger charge is 2.37. The largest absolute Gasteiger partial charge is 0.396 e. The van der Waals surface area contributed by atoms with Gasteiger partial charge in [0.15, 0.2) is 0 Å². The summed E-state index contributed by atoms with van der Waals surface area (Å²) in [5.74, 6) is 1.54. The van der Waals surface area contributed by atoms with E-state index in [1.165, 1.54) is 5.57 Å². The van der Waals surface area contributed by atoms with Crippen LogP contribution in [0.1, 0.15) is 70.2 Å². The summed E-state index contributed by atoms with van der Waals surface area (Å²) in [6.07, 6.45) is 11.1. The molecule has 2 fully saturated rings. The molecule has 0 saturated heterocycles. The van der Waals surface area contributed by atoms with Gasteiger partial charge in [0.1, 0.15) is 17.0 Å². The molecule has 0 bridgehead atoms. The predicted molar refractivity (Wildman–Crippen MR) is 139 cm³/mol. The van der Waals surface area contributed by atoms with Crippen molar-refractivity contribution in [2.24, 2.45) is 17.3 Å². The predicted octanol–water partition coefficient (Wildman–Crippen LogP) is 4.57. The summed E-state index contributed by atoms with van der Waals surface area (Å²) >= 11 is 0. The van der Waals surface area contributed by atoms with Crippen molar-refractivity contribution in [2.45, 2.75) is 70.8 Å². The third kappa shape index (κ3) is 4.77. The van der Waals surface area contributed by atoms with Crippen LogP contribution in [0.15, 0.2) is 30.6 Å². The molecule has 0 aliphatic heterocycles. The minimum absolute atomic E-state index is 0.0274. The molecule has 2 atom stereocenters. The first kappa shape index (κ1) is 24.5. The van der Waals surface area contributed by atoms with E-state index in [1.54, 1.807) is 6.20 Å². The summed E-state index contributed by atoms with van der Waals surface area (Å²) in [7, 11) is 0. The molecule has 8 nitrogen and oxygen atoms in total. The molecule has 0 aromatic carbocycles. The van der Waals surface area contributed by atoms with E-state index >= 15 is 0 Å². The molecule has 5 rings (SSSR count). The number of carbonyl (C=O) groups excluding carboxylic acids is 1. The molecular weight excluding hydrogens is 452 g/mol. The number of imidazole rings is 1. The number of hydrogen-bond donors (Lipinski definition) is 3. The van der Waals surface area contributed by atoms with Crippen molar-refractivity contribution in [1.82, 2.24) is 24.8 Å². The summed E-state index contributed by atoms with van der Waals surface area (Å²) in [6.45, 7) is 7.16. The molecule has 3 heterocycles. The lowest BCUT2D eigenvalue weighted by atomic mass is 9.84. The Hall–Kier alpha value is -3.18. The van der Waals surface area contributed by atoms with Crippen molar-refractivity contribution in [3.05, 3.63) is 36.4 Å². The summed E-state index contributed by atoms with van der Waals surface area (Å²) in [5, 5.41) is 22.7. The van der Waals surface area contributed by atoms with Gasteiger partial charge in [-0.2, -0.15) is 5.26 Å². The number of allylic oxidation sites excluding steroid dienone is 1. The number of rotatable bonds is 8. The van der Waals surface area contributed by atoms with Crippen molar-refractivity contribution in [3.63, 3.8) is 0 Å². The Kier molecular flexibility index (Phi) is 6.85. The maximum Gasteiger partial charge on any atom is 0.227 e. The average Bonchev–Trinajstić information content (AvgIpc) is 3.54. The molecule has 3 aromatic rings. The number of fused-ring (bicyclic) bond motifs is 3. The molecule has 2 aliphatic rings. The van der Waals surface area contributed by atoms with Crippen LogP contribution < -0.4 is 5.32 Å². The first-order valence-electron chi connectivity index (χ1n) is 13.2. The van der Waals surface area contributed by atoms with Crippen molar-refractivity contribution >= 4 is 28.0 Å². The zero-order valence-corrected chi connectivity index (χ0v) is 21.1. The van der Waals surface area contributed by atoms with Gasteiger partial charge in [0.2, 0.25) is 5.91 Å². The van der Waals surface area contributed by atoms with Crippen LogP contribution in [0.25, 0.3) is 22.1 Å². The SMILES string of the molecule is C=C1CC(C)(CNC(=O)Cc2nc3cnc4[nH]ccc4c3n2C2CCC(CC#N)CC2)CC1CCO. The lowest BCUT2D eigenvalue weighted by Gasteiger charge is -2.30. The number of aliphatic hydroxyl groups excluding tert-OH is 1. The Morgan fingerprint density at radius 3 is 2.94 bits per heavy atom. The molecule has 36 heavy (non-hydrogen) atoms. The second-order valence-corrected chi connectivity index (χ2v) is 11.2. The lowest BCUT2D eigenvalue weighted by Crippen LogP contribution is -2.36. The quantitative estimate of drug-likeness (QED) is 0.401. The van der Waals surface area contributed by atoms with Gasteiger partial charge in [-0.05, 0) is 68.3 Å². The number of H-pyrrole nitrogens is 1. The molecule has 2 unspecified atom stereocenters. The van der Waals surface area contributed by atoms with Gasteiger partial charge in [-0.3, -0.25) is 4.79 Å². The minimum atomic E-state index is -0.0347. The standard InChI is InChI=1S/C28H36N6O2/c1-18-14-28(2,15-20(18)9-12-35)17-32-25(36)13-24-33-23-16-31-27-22(8-11-30-27)26(23)34(24)21-5-3-19(4-6-21)7-10-29/h8,11,16,19-21,35H,1,3-7,9,12-15,17H2,2H3,(H,30,31)(H,32,36). The van der Waals surface area contributed by atoms with Crippen LogP contribution in [0.4, 0.5) is 0 Å². The molecule has 8 heteroatoms. The molecule has 3 N–H and O–H groups in total. The highest BCUT2D eigenvalue weighted by atomic mass is 16.3. The molecule has 0 spiro atoms. The van der Waals surface area contributed by atoms with E-state index in [-0.39, 0.29) is 30.4 Å². The lowest BCUT2D eigenvalue weighted by molar-refractivity contribution is -0.121. The van der Waals surface area contributed by atoms with Crippen molar-refractivity contribution in [1.29, 1.82) is 5.26 Å². The number of nitriles is 1. The van der Waals surface area contributed by atoms with Gasteiger partial charge in [0.25, 0.3) is 0 Å². The van der Waals surface area contributed by atoms with E-state index in [4.69, 9.17) is 10.2 Å². The molecule has 190 valence electrons. The zero-order valence-electron chi connectivity index (χ0n) is 21.1. The second kappa shape index (κ2) is 10.1. The zero-order chi connectivity index (χ0) is 25.3. The monoisotopic (exact) mass is 488 g/mol. The first-order valence-corrected chi connectivity index (χ1v) is 13.2. The number of carbonyl (C=O) groups is 1. The van der Waals surface area contributed by atoms with E-state index in [0.717, 1.165) is 72.8 Å². The van der Waals surface area contributed by atoms with Gasteiger partial charge in [0, 0.05) is 37.2 Å². The van der Waals surface area contributed by atoms with Crippen LogP contribution >= 0.6 is 0 Å². The third-order valence-corrected chi connectivity index (χ3v) is 8.35. The fourth-order valence-corrected chi connectivity index (χ4v) is 6.51. The highest BCUT2D eigenvalue weighted by molar-refractivity contribution is 6.01. The summed E-state index contributed by atoms with van der Waals surface area (Å²) in [6, 6.07) is 4.61. The van der Waals surface area contributed by atoms with E-state index in [0.29, 0.717) is 24.8 Å². The van der Waals surface area contributed by atoms with Gasteiger partial charge in [0.05, 0.1) is 24.2 Å². The number of nitrogens with zero attached hydrogens (tertiary/aromatic N) is 4. The Morgan fingerprint density at radius 2 is 2.19 bits per heavy atom. The minimum Gasteiger partial charge on any atom is -0.396 e. The Bertz CT molecular complexity index is 1310. The van der Waals surface area contributed by atoms with E-state index in [2.05, 4.69) is 39.4 Å². The number of amides is 1. The van der Waals surface area contributed by atoms with Crippen LogP contribution in [0, 0.1) is 28.6 Å². The summed E-state index contributed by atoms with van der Waals surface area (Å²) < 4.78 is 2.28. The number of aromatic nitrogens is 4. The normalized spacial score (nSPS) is 26.5. The van der Waals surface area contributed by atoms with Gasteiger partial charge < -0.3 is 20.0 Å². The van der Waals surface area contributed by atoms with E-state index < -0.39 is 0 Å². The maximum absolute atomic E-state index is 13.2. The molecular formula is C28H36N6O2. The highest BCUT2D eigenvalue weighted by Crippen LogP contribution is 2.45. The fraction of sp³-hybridized carbons (Fsp3) is 0.571. The average molecular weight is 489 g/mol. The van der Waals surface area contributed by atoms with Crippen molar-refractivity contribution in [3.8, 4) is 6.07 Å². The van der Waals surface area contributed by atoms with Gasteiger partial charge in [-0.25, -0.2) is 9.97 Å². The molecule has 2 aliphatic carbocycles. The Balaban J connectivity index is 1.36. The number of aliphatic hydroxyl groups is 1. The van der Waals surface area contributed by atoms with Gasteiger partial charge in [-0.15, -0.1) is 0 Å². The number of nitrogens with one attached hydrogen (secondary N) is 2. The number of pyridine rings is 1. The van der Waals surface area contributed by atoms with Crippen molar-refractivity contribution < 1.29 is 9.90 Å². The van der Waals surface area contributed by atoms with Crippen molar-refractivity contribution in [2.75, 3.05) is 13.2 Å². The van der Waals surface area contributed by atoms with Crippen LogP contribution in [-0.4, -0.2) is 43.7 Å². The summed E-state index contributed by atoms with van der Waals surface area (Å²) in [5.41, 5.74) is 3.82. The summed E-state index contributed by atoms with van der Waals surface area (Å²) in [4.78, 5) is 25.8. The fourth-order valence-electron chi connectivity index (χ4n) is 6.51. The van der Waals surface area contributed by atoms with Crippen LogP contribution in [0.5, 0.6) is 0 Å². The second-order valence-electron chi connectivity index (χ2n) is 11.2. The topological polar surface area (TPSA) is 120 Å². The third-order valence-electron chi connectivity index (χ3n) is 8.35. The number of hydrogen-bond acceptors (Lipinski definition) is 5. The van der Waals surface area contributed by atoms with Gasteiger partial charge >= 0.3 is 0 Å². The molecule has 2 saturated carbocycles. The molecule has 0 radical (unpaired) electrons. The van der Waals surface area contributed by atoms with Gasteiger partial charge in [-0.1, -0.05) is 19.1 Å². The Labute approximate surface area is 211 Å². The van der Waals surface area contributed by atoms with E-state index in [1.807, 2.05) is 12.3 Å². The van der Waals surface area contributed by atoms with Crippen LogP contribution in [0.2, 0.25) is 0 Å². The smallest absolute Gasteiger partial charge is 0.227 e. The Morgan fingerprint density at radius 1 is 1.39 bits per heavy atom. The first-order chi connectivity index (χ1) is 17.4. The molecule has 1 amide bonds. The molecule has 3 aromatic heterocycles. The maximum atomic E-state index is 13.2.